The molecule has 3 heteroatoms. The Labute approximate surface area is 102 Å². The molecule has 1 aromatic carbocycles. The van der Waals surface area contributed by atoms with Crippen molar-refractivity contribution in [2.75, 3.05) is 13.7 Å². The highest BCUT2D eigenvalue weighted by atomic mass is 19.1. The van der Waals surface area contributed by atoms with Gasteiger partial charge in [-0.05, 0) is 30.0 Å². The average Bonchev–Trinajstić information content (AvgIpc) is 2.28. The molecule has 0 N–H and O–H groups in total. The summed E-state index contributed by atoms with van der Waals surface area (Å²) in [4.78, 5) is 3.27. The highest BCUT2D eigenvalue weighted by Crippen LogP contribution is 2.26. The summed E-state index contributed by atoms with van der Waals surface area (Å²) in [6.45, 7) is 11.2. The molecule has 0 heterocycles. The summed E-state index contributed by atoms with van der Waals surface area (Å²) in [5.41, 5.74) is 1.46. The highest BCUT2D eigenvalue weighted by molar-refractivity contribution is 5.39. The molecule has 2 nitrogen and oxygen atoms in total. The zero-order chi connectivity index (χ0) is 12.8. The molecule has 0 aromatic heterocycles. The first kappa shape index (κ1) is 13.5. The predicted octanol–water partition coefficient (Wildman–Crippen LogP) is 3.49. The van der Waals surface area contributed by atoms with Crippen LogP contribution >= 0.6 is 0 Å². The molecule has 0 saturated carbocycles. The first-order valence-corrected chi connectivity index (χ1v) is 5.77. The molecule has 0 aliphatic heterocycles. The number of halogens is 1. The van der Waals surface area contributed by atoms with Gasteiger partial charge in [-0.1, -0.05) is 13.8 Å². The van der Waals surface area contributed by atoms with Crippen LogP contribution in [-0.2, 0) is 12.8 Å². The first-order chi connectivity index (χ1) is 8.08. The monoisotopic (exact) mass is 235 g/mol. The normalized spacial score (nSPS) is 10.4. The van der Waals surface area contributed by atoms with E-state index in [1.54, 1.807) is 7.11 Å². The number of methoxy groups -OCH3 is 1. The van der Waals surface area contributed by atoms with Crippen molar-refractivity contribution in [1.29, 1.82) is 0 Å². The van der Waals surface area contributed by atoms with E-state index in [4.69, 9.17) is 11.3 Å². The summed E-state index contributed by atoms with van der Waals surface area (Å²) in [5, 5.41) is 0. The van der Waals surface area contributed by atoms with Crippen LogP contribution in [0.3, 0.4) is 0 Å². The summed E-state index contributed by atoms with van der Waals surface area (Å²) in [6.07, 6.45) is 1.23. The zero-order valence-electron chi connectivity index (χ0n) is 10.6. The Kier molecular flexibility index (Phi) is 4.96. The van der Waals surface area contributed by atoms with Crippen molar-refractivity contribution < 1.29 is 9.13 Å². The molecule has 0 spiro atoms. The molecule has 0 radical (unpaired) electrons. The van der Waals surface area contributed by atoms with Gasteiger partial charge in [0.05, 0.1) is 7.11 Å². The van der Waals surface area contributed by atoms with Crippen molar-refractivity contribution in [2.24, 2.45) is 5.92 Å². The molecule has 0 atom stereocenters. The van der Waals surface area contributed by atoms with Gasteiger partial charge < -0.3 is 9.58 Å². The summed E-state index contributed by atoms with van der Waals surface area (Å²) in [6, 6.07) is 3.36. The van der Waals surface area contributed by atoms with Crippen LogP contribution in [0.15, 0.2) is 12.1 Å². The Morgan fingerprint density at radius 2 is 2.12 bits per heavy atom. The van der Waals surface area contributed by atoms with Crippen molar-refractivity contribution >= 4 is 0 Å². The third-order valence-corrected chi connectivity index (χ3v) is 2.56. The van der Waals surface area contributed by atoms with Crippen LogP contribution < -0.4 is 4.74 Å². The molecule has 92 valence electrons. The van der Waals surface area contributed by atoms with Crippen LogP contribution in [0.25, 0.3) is 4.85 Å². The average molecular weight is 235 g/mol. The van der Waals surface area contributed by atoms with Gasteiger partial charge in [-0.15, -0.1) is 0 Å². The second-order valence-electron chi connectivity index (χ2n) is 4.49. The van der Waals surface area contributed by atoms with Crippen LogP contribution in [0.4, 0.5) is 4.39 Å². The van der Waals surface area contributed by atoms with E-state index in [9.17, 15) is 4.39 Å². The number of benzene rings is 1. The van der Waals surface area contributed by atoms with E-state index in [1.165, 1.54) is 6.07 Å². The van der Waals surface area contributed by atoms with Crippen LogP contribution in [-0.4, -0.2) is 13.7 Å². The second-order valence-corrected chi connectivity index (χ2v) is 4.49. The molecule has 1 rings (SSSR count). The Morgan fingerprint density at radius 3 is 2.65 bits per heavy atom. The Morgan fingerprint density at radius 1 is 1.41 bits per heavy atom. The Balaban J connectivity index is 3.03. The van der Waals surface area contributed by atoms with Gasteiger partial charge >= 0.3 is 0 Å². The molecule has 0 aliphatic rings. The van der Waals surface area contributed by atoms with E-state index < -0.39 is 0 Å². The summed E-state index contributed by atoms with van der Waals surface area (Å²) >= 11 is 0. The largest absolute Gasteiger partial charge is 0.496 e. The molecule has 0 aliphatic carbocycles. The molecule has 0 fully saturated rings. The number of nitrogens with zero attached hydrogens (tertiary/aromatic N) is 1. The third kappa shape index (κ3) is 3.74. The summed E-state index contributed by atoms with van der Waals surface area (Å²) < 4.78 is 19.2. The van der Waals surface area contributed by atoms with E-state index in [0.717, 1.165) is 5.56 Å². The number of hydrogen-bond acceptors (Lipinski definition) is 1. The van der Waals surface area contributed by atoms with Crippen LogP contribution in [0.1, 0.15) is 25.0 Å². The fourth-order valence-corrected chi connectivity index (χ4v) is 1.78. The van der Waals surface area contributed by atoms with Gasteiger partial charge in [0.15, 0.2) is 0 Å². The lowest BCUT2D eigenvalue weighted by molar-refractivity contribution is 0.400. The Bertz CT molecular complexity index is 421. The maximum atomic E-state index is 13.9. The molecular formula is C14H18FNO. The smallest absolute Gasteiger partial charge is 0.218 e. The maximum Gasteiger partial charge on any atom is 0.218 e. The lowest BCUT2D eigenvalue weighted by Gasteiger charge is -2.13. The van der Waals surface area contributed by atoms with Crippen molar-refractivity contribution in [1.82, 2.24) is 0 Å². The van der Waals surface area contributed by atoms with Crippen LogP contribution in [0.2, 0.25) is 0 Å². The van der Waals surface area contributed by atoms with Crippen molar-refractivity contribution in [3.63, 3.8) is 0 Å². The van der Waals surface area contributed by atoms with E-state index in [0.29, 0.717) is 36.6 Å². The summed E-state index contributed by atoms with van der Waals surface area (Å²) in [5.74, 6) is 0.754. The predicted molar refractivity (Wildman–Crippen MR) is 66.7 cm³/mol. The highest BCUT2D eigenvalue weighted by Gasteiger charge is 2.13. The van der Waals surface area contributed by atoms with E-state index in [-0.39, 0.29) is 5.82 Å². The lowest BCUT2D eigenvalue weighted by atomic mass is 9.99. The fraction of sp³-hybridized carbons (Fsp3) is 0.500. The number of rotatable bonds is 5. The van der Waals surface area contributed by atoms with Crippen molar-refractivity contribution in [3.8, 4) is 5.75 Å². The van der Waals surface area contributed by atoms with Crippen LogP contribution in [0, 0.1) is 18.3 Å². The Hall–Kier alpha value is -1.56. The van der Waals surface area contributed by atoms with E-state index >= 15 is 0 Å². The fourth-order valence-electron chi connectivity index (χ4n) is 1.78. The number of ether oxygens (including phenoxy) is 1. The van der Waals surface area contributed by atoms with Crippen molar-refractivity contribution in [3.05, 3.63) is 40.5 Å². The number of hydrogen-bond donors (Lipinski definition) is 0. The standard InChI is InChI=1S/C14H18FNO/c1-10(2)7-12-13(15)8-11(5-6-16-3)9-14(12)17-4/h8-10H,5-7H2,1-2,4H3. The minimum absolute atomic E-state index is 0.224. The molecule has 1 aromatic rings. The van der Waals surface area contributed by atoms with Gasteiger partial charge in [0.25, 0.3) is 0 Å². The maximum absolute atomic E-state index is 13.9. The molecular weight excluding hydrogens is 217 g/mol. The van der Waals surface area contributed by atoms with Gasteiger partial charge in [0.2, 0.25) is 6.54 Å². The molecule has 0 bridgehead atoms. The molecule has 0 unspecified atom stereocenters. The first-order valence-electron chi connectivity index (χ1n) is 5.77. The second kappa shape index (κ2) is 6.24. The SMILES string of the molecule is [C-]#[N+]CCc1cc(F)c(CC(C)C)c(OC)c1. The molecule has 0 saturated heterocycles. The summed E-state index contributed by atoms with van der Waals surface area (Å²) in [7, 11) is 1.55. The lowest BCUT2D eigenvalue weighted by Crippen LogP contribution is -2.03. The van der Waals surface area contributed by atoms with Gasteiger partial charge in [-0.25, -0.2) is 11.0 Å². The minimum Gasteiger partial charge on any atom is -0.496 e. The van der Waals surface area contributed by atoms with Gasteiger partial charge in [0.1, 0.15) is 11.6 Å². The topological polar surface area (TPSA) is 13.6 Å². The van der Waals surface area contributed by atoms with Crippen LogP contribution in [0.5, 0.6) is 5.75 Å². The van der Waals surface area contributed by atoms with Gasteiger partial charge in [0, 0.05) is 12.0 Å². The zero-order valence-corrected chi connectivity index (χ0v) is 10.6. The van der Waals surface area contributed by atoms with E-state index in [1.807, 2.05) is 19.9 Å². The quantitative estimate of drug-likeness (QED) is 0.712. The van der Waals surface area contributed by atoms with Gasteiger partial charge in [-0.2, -0.15) is 0 Å². The molecule has 0 amide bonds. The minimum atomic E-state index is -0.224. The van der Waals surface area contributed by atoms with Gasteiger partial charge in [-0.3, -0.25) is 0 Å². The molecule has 17 heavy (non-hydrogen) atoms. The van der Waals surface area contributed by atoms with Crippen molar-refractivity contribution in [2.45, 2.75) is 26.7 Å². The van der Waals surface area contributed by atoms with E-state index in [2.05, 4.69) is 4.85 Å². The third-order valence-electron chi connectivity index (χ3n) is 2.56.